The van der Waals surface area contributed by atoms with E-state index in [2.05, 4.69) is 33.9 Å². The molecule has 0 heterocycles. The number of anilines is 1. The molecule has 1 aromatic carbocycles. The molecule has 0 atom stereocenters. The average Bonchev–Trinajstić information content (AvgIpc) is 2.23. The Hall–Kier alpha value is -0.540. The van der Waals surface area contributed by atoms with Crippen LogP contribution in [0.4, 0.5) is 5.69 Å². The first-order valence-electron chi connectivity index (χ1n) is 5.81. The van der Waals surface area contributed by atoms with E-state index in [1.165, 1.54) is 19.3 Å². The standard InChI is InChI=1S/C13H18BrNO/c1-15(8-10-3-2-4-10)13-6-5-12(14)7-11(13)9-16/h5-7,10,16H,2-4,8-9H2,1H3. The molecule has 0 saturated heterocycles. The van der Waals surface area contributed by atoms with Gasteiger partial charge in [0.15, 0.2) is 0 Å². The van der Waals surface area contributed by atoms with Crippen molar-refractivity contribution in [1.29, 1.82) is 0 Å². The molecule has 0 aliphatic heterocycles. The second-order valence-electron chi connectivity index (χ2n) is 4.61. The maximum atomic E-state index is 9.35. The molecule has 0 unspecified atom stereocenters. The van der Waals surface area contributed by atoms with Gasteiger partial charge in [0.1, 0.15) is 0 Å². The van der Waals surface area contributed by atoms with Gasteiger partial charge >= 0.3 is 0 Å². The number of halogens is 1. The maximum Gasteiger partial charge on any atom is 0.0702 e. The van der Waals surface area contributed by atoms with Crippen LogP contribution >= 0.6 is 15.9 Å². The van der Waals surface area contributed by atoms with Crippen LogP contribution in [0.3, 0.4) is 0 Å². The molecule has 2 nitrogen and oxygen atoms in total. The third-order valence-electron chi connectivity index (χ3n) is 3.38. The summed E-state index contributed by atoms with van der Waals surface area (Å²) in [5.74, 6) is 0.847. The first-order valence-corrected chi connectivity index (χ1v) is 6.60. The molecule has 3 heteroatoms. The average molecular weight is 284 g/mol. The summed E-state index contributed by atoms with van der Waals surface area (Å²) in [6, 6.07) is 6.10. The topological polar surface area (TPSA) is 23.5 Å². The summed E-state index contributed by atoms with van der Waals surface area (Å²) in [4.78, 5) is 2.27. The largest absolute Gasteiger partial charge is 0.392 e. The quantitative estimate of drug-likeness (QED) is 0.918. The van der Waals surface area contributed by atoms with Crippen LogP contribution in [0.25, 0.3) is 0 Å². The normalized spacial score (nSPS) is 15.9. The Morgan fingerprint density at radius 2 is 2.19 bits per heavy atom. The third kappa shape index (κ3) is 2.58. The minimum atomic E-state index is 0.101. The van der Waals surface area contributed by atoms with E-state index in [0.717, 1.165) is 28.2 Å². The number of rotatable bonds is 4. The van der Waals surface area contributed by atoms with E-state index in [1.54, 1.807) is 0 Å². The fraction of sp³-hybridized carbons (Fsp3) is 0.538. The van der Waals surface area contributed by atoms with Crippen LogP contribution in [-0.4, -0.2) is 18.7 Å². The molecule has 1 saturated carbocycles. The predicted octanol–water partition coefficient (Wildman–Crippen LogP) is 3.18. The van der Waals surface area contributed by atoms with Gasteiger partial charge in [0.05, 0.1) is 6.61 Å². The summed E-state index contributed by atoms with van der Waals surface area (Å²) in [5.41, 5.74) is 2.15. The van der Waals surface area contributed by atoms with Crippen molar-refractivity contribution in [2.45, 2.75) is 25.9 Å². The van der Waals surface area contributed by atoms with Crippen LogP contribution in [0.2, 0.25) is 0 Å². The van der Waals surface area contributed by atoms with Crippen molar-refractivity contribution in [2.75, 3.05) is 18.5 Å². The van der Waals surface area contributed by atoms with Crippen LogP contribution in [0.5, 0.6) is 0 Å². The lowest BCUT2D eigenvalue weighted by molar-refractivity contribution is 0.281. The van der Waals surface area contributed by atoms with E-state index in [-0.39, 0.29) is 6.61 Å². The lowest BCUT2D eigenvalue weighted by Crippen LogP contribution is -2.29. The molecule has 2 rings (SSSR count). The Labute approximate surface area is 105 Å². The smallest absolute Gasteiger partial charge is 0.0702 e. The zero-order chi connectivity index (χ0) is 11.5. The van der Waals surface area contributed by atoms with Crippen LogP contribution in [0.1, 0.15) is 24.8 Å². The molecule has 1 aliphatic carbocycles. The van der Waals surface area contributed by atoms with Gasteiger partial charge in [-0.2, -0.15) is 0 Å². The van der Waals surface area contributed by atoms with Crippen LogP contribution in [0, 0.1) is 5.92 Å². The summed E-state index contributed by atoms with van der Waals surface area (Å²) in [6.45, 7) is 1.21. The fourth-order valence-electron chi connectivity index (χ4n) is 2.21. The van der Waals surface area contributed by atoms with Gasteiger partial charge in [-0.3, -0.25) is 0 Å². The Balaban J connectivity index is 2.11. The molecule has 0 aromatic heterocycles. The molecular weight excluding hydrogens is 266 g/mol. The maximum absolute atomic E-state index is 9.35. The number of aliphatic hydroxyl groups excluding tert-OH is 1. The van der Waals surface area contributed by atoms with Gasteiger partial charge in [-0.15, -0.1) is 0 Å². The fourth-order valence-corrected chi connectivity index (χ4v) is 2.62. The third-order valence-corrected chi connectivity index (χ3v) is 3.87. The van der Waals surface area contributed by atoms with E-state index >= 15 is 0 Å². The van der Waals surface area contributed by atoms with Gasteiger partial charge < -0.3 is 10.0 Å². The van der Waals surface area contributed by atoms with Gasteiger partial charge in [0.2, 0.25) is 0 Å². The summed E-state index contributed by atoms with van der Waals surface area (Å²) in [7, 11) is 2.11. The molecule has 1 aliphatic rings. The summed E-state index contributed by atoms with van der Waals surface area (Å²) in [6.07, 6.45) is 4.09. The van der Waals surface area contributed by atoms with Crippen molar-refractivity contribution in [3.05, 3.63) is 28.2 Å². The Morgan fingerprint density at radius 1 is 1.44 bits per heavy atom. The summed E-state index contributed by atoms with van der Waals surface area (Å²) in [5, 5.41) is 9.35. The summed E-state index contributed by atoms with van der Waals surface area (Å²) < 4.78 is 1.03. The SMILES string of the molecule is CN(CC1CCC1)c1ccc(Br)cc1CO. The first-order chi connectivity index (χ1) is 7.70. The van der Waals surface area contributed by atoms with Crippen molar-refractivity contribution in [1.82, 2.24) is 0 Å². The van der Waals surface area contributed by atoms with Gasteiger partial charge in [-0.05, 0) is 37.0 Å². The lowest BCUT2D eigenvalue weighted by atomic mass is 9.85. The number of hydrogen-bond acceptors (Lipinski definition) is 2. The second kappa shape index (κ2) is 5.19. The van der Waals surface area contributed by atoms with Gasteiger partial charge in [-0.1, -0.05) is 22.4 Å². The molecule has 0 amide bonds. The highest BCUT2D eigenvalue weighted by Crippen LogP contribution is 2.30. The van der Waals surface area contributed by atoms with Gasteiger partial charge in [0.25, 0.3) is 0 Å². The lowest BCUT2D eigenvalue weighted by Gasteiger charge is -2.32. The zero-order valence-corrected chi connectivity index (χ0v) is 11.2. The minimum absolute atomic E-state index is 0.101. The number of benzene rings is 1. The molecule has 0 radical (unpaired) electrons. The molecule has 0 bridgehead atoms. The van der Waals surface area contributed by atoms with Crippen molar-refractivity contribution in [2.24, 2.45) is 5.92 Å². The van der Waals surface area contributed by atoms with Crippen molar-refractivity contribution < 1.29 is 5.11 Å². The van der Waals surface area contributed by atoms with Crippen molar-refractivity contribution in [3.63, 3.8) is 0 Å². The minimum Gasteiger partial charge on any atom is -0.392 e. The highest BCUT2D eigenvalue weighted by molar-refractivity contribution is 9.10. The van der Waals surface area contributed by atoms with E-state index < -0.39 is 0 Å². The highest BCUT2D eigenvalue weighted by atomic mass is 79.9. The molecular formula is C13H18BrNO. The molecule has 1 fully saturated rings. The Kier molecular flexibility index (Phi) is 3.87. The summed E-state index contributed by atoms with van der Waals surface area (Å²) >= 11 is 3.43. The van der Waals surface area contributed by atoms with Crippen LogP contribution < -0.4 is 4.90 Å². The zero-order valence-electron chi connectivity index (χ0n) is 9.62. The Bertz CT molecular complexity index is 363. The first kappa shape index (κ1) is 11.9. The number of aliphatic hydroxyl groups is 1. The van der Waals surface area contributed by atoms with E-state index in [4.69, 9.17) is 0 Å². The number of hydrogen-bond donors (Lipinski definition) is 1. The van der Waals surface area contributed by atoms with Crippen LogP contribution in [-0.2, 0) is 6.61 Å². The highest BCUT2D eigenvalue weighted by Gasteiger charge is 2.20. The monoisotopic (exact) mass is 283 g/mol. The van der Waals surface area contributed by atoms with Gasteiger partial charge in [0, 0.05) is 29.3 Å². The van der Waals surface area contributed by atoms with E-state index in [0.29, 0.717) is 0 Å². The van der Waals surface area contributed by atoms with E-state index in [1.807, 2.05) is 12.1 Å². The van der Waals surface area contributed by atoms with E-state index in [9.17, 15) is 5.11 Å². The van der Waals surface area contributed by atoms with Crippen molar-refractivity contribution >= 4 is 21.6 Å². The van der Waals surface area contributed by atoms with Crippen molar-refractivity contribution in [3.8, 4) is 0 Å². The number of nitrogens with zero attached hydrogens (tertiary/aromatic N) is 1. The molecule has 88 valence electrons. The van der Waals surface area contributed by atoms with Crippen LogP contribution in [0.15, 0.2) is 22.7 Å². The molecule has 0 spiro atoms. The second-order valence-corrected chi connectivity index (χ2v) is 5.52. The van der Waals surface area contributed by atoms with Gasteiger partial charge in [-0.25, -0.2) is 0 Å². The predicted molar refractivity (Wildman–Crippen MR) is 70.7 cm³/mol. The molecule has 1 aromatic rings. The Morgan fingerprint density at radius 3 is 2.75 bits per heavy atom. The molecule has 1 N–H and O–H groups in total. The molecule has 16 heavy (non-hydrogen) atoms.